The smallest absolute Gasteiger partial charge is 0.325 e. The van der Waals surface area contributed by atoms with E-state index in [-0.39, 0.29) is 18.7 Å². The number of aromatic nitrogens is 1. The molecular formula is C25H27N3O5. The molecule has 3 aromatic rings. The molecule has 0 saturated carbocycles. The van der Waals surface area contributed by atoms with Gasteiger partial charge in [0.2, 0.25) is 0 Å². The molecule has 1 aromatic carbocycles. The first kappa shape index (κ1) is 22.4. The molecule has 3 amide bonds. The van der Waals surface area contributed by atoms with Crippen molar-refractivity contribution in [1.29, 1.82) is 0 Å². The summed E-state index contributed by atoms with van der Waals surface area (Å²) in [6.45, 7) is 5.60. The first-order valence-electron chi connectivity index (χ1n) is 10.7. The number of amides is 3. The molecule has 4 rings (SSSR count). The summed E-state index contributed by atoms with van der Waals surface area (Å²) < 4.78 is 12.8. The number of para-hydroxylation sites is 1. The van der Waals surface area contributed by atoms with Gasteiger partial charge in [0, 0.05) is 23.4 Å². The van der Waals surface area contributed by atoms with E-state index in [1.165, 1.54) is 0 Å². The third-order valence-corrected chi connectivity index (χ3v) is 6.15. The molecule has 8 nitrogen and oxygen atoms in total. The Morgan fingerprint density at radius 1 is 1.15 bits per heavy atom. The highest BCUT2D eigenvalue weighted by molar-refractivity contribution is 6.11. The van der Waals surface area contributed by atoms with Gasteiger partial charge in [0.25, 0.3) is 5.91 Å². The van der Waals surface area contributed by atoms with Gasteiger partial charge in [0.15, 0.2) is 5.78 Å². The minimum atomic E-state index is -1.16. The summed E-state index contributed by atoms with van der Waals surface area (Å²) in [4.78, 5) is 40.0. The Morgan fingerprint density at radius 2 is 1.91 bits per heavy atom. The number of nitrogens with one attached hydrogen (secondary N) is 1. The second-order valence-electron chi connectivity index (χ2n) is 8.52. The number of ketones is 1. The SMILES string of the molecule is COc1ccccc1C[C@]1(C)NC(=O)N(CC(=O)c2cc(C)n(Cc3ccco3)c2C)C1=O. The van der Waals surface area contributed by atoms with Gasteiger partial charge >= 0.3 is 6.03 Å². The van der Waals surface area contributed by atoms with Gasteiger partial charge in [-0.3, -0.25) is 14.5 Å². The van der Waals surface area contributed by atoms with E-state index in [4.69, 9.17) is 9.15 Å². The number of benzene rings is 1. The Kier molecular flexibility index (Phi) is 5.84. The van der Waals surface area contributed by atoms with Crippen LogP contribution < -0.4 is 10.1 Å². The van der Waals surface area contributed by atoms with E-state index in [1.54, 1.807) is 32.4 Å². The number of methoxy groups -OCH3 is 1. The van der Waals surface area contributed by atoms with Crippen LogP contribution in [0.3, 0.4) is 0 Å². The maximum atomic E-state index is 13.2. The summed E-state index contributed by atoms with van der Waals surface area (Å²) in [6.07, 6.45) is 1.86. The molecule has 0 aliphatic carbocycles. The molecule has 1 aliphatic rings. The van der Waals surface area contributed by atoms with Crippen molar-refractivity contribution in [1.82, 2.24) is 14.8 Å². The van der Waals surface area contributed by atoms with Crippen LogP contribution in [0.15, 0.2) is 53.1 Å². The molecule has 0 spiro atoms. The van der Waals surface area contributed by atoms with E-state index in [0.29, 0.717) is 17.9 Å². The average Bonchev–Trinajstić information content (AvgIpc) is 3.45. The van der Waals surface area contributed by atoms with Gasteiger partial charge in [0.1, 0.15) is 17.0 Å². The Labute approximate surface area is 192 Å². The van der Waals surface area contributed by atoms with Crippen molar-refractivity contribution in [2.24, 2.45) is 0 Å². The number of Topliss-reactive ketones (excluding diaryl/α,β-unsaturated/α-hetero) is 1. The summed E-state index contributed by atoms with van der Waals surface area (Å²) in [5, 5.41) is 2.76. The predicted octanol–water partition coefficient (Wildman–Crippen LogP) is 3.49. The minimum Gasteiger partial charge on any atom is -0.496 e. The van der Waals surface area contributed by atoms with Gasteiger partial charge in [-0.25, -0.2) is 4.79 Å². The summed E-state index contributed by atoms with van der Waals surface area (Å²) in [6, 6.07) is 12.2. The number of aryl methyl sites for hydroxylation is 1. The van der Waals surface area contributed by atoms with Gasteiger partial charge in [-0.05, 0) is 50.6 Å². The lowest BCUT2D eigenvalue weighted by Crippen LogP contribution is -2.46. The fourth-order valence-corrected chi connectivity index (χ4v) is 4.35. The second-order valence-corrected chi connectivity index (χ2v) is 8.52. The topological polar surface area (TPSA) is 93.8 Å². The first-order valence-corrected chi connectivity index (χ1v) is 10.7. The molecule has 1 fully saturated rings. The zero-order valence-corrected chi connectivity index (χ0v) is 19.2. The van der Waals surface area contributed by atoms with Crippen LogP contribution in [0.2, 0.25) is 0 Å². The lowest BCUT2D eigenvalue weighted by molar-refractivity contribution is -0.130. The van der Waals surface area contributed by atoms with Crippen LogP contribution in [-0.4, -0.2) is 46.4 Å². The molecule has 3 heterocycles. The molecule has 2 aromatic heterocycles. The number of urea groups is 1. The van der Waals surface area contributed by atoms with Crippen molar-refractivity contribution in [3.63, 3.8) is 0 Å². The third-order valence-electron chi connectivity index (χ3n) is 6.15. The number of nitrogens with zero attached hydrogens (tertiary/aromatic N) is 2. The second kappa shape index (κ2) is 8.61. The summed E-state index contributed by atoms with van der Waals surface area (Å²) in [5.74, 6) is 0.686. The maximum Gasteiger partial charge on any atom is 0.325 e. The molecule has 1 atom stereocenters. The van der Waals surface area contributed by atoms with Gasteiger partial charge < -0.3 is 19.0 Å². The number of furan rings is 1. The highest BCUT2D eigenvalue weighted by Crippen LogP contribution is 2.28. The summed E-state index contributed by atoms with van der Waals surface area (Å²) in [7, 11) is 1.56. The van der Waals surface area contributed by atoms with Crippen LogP contribution in [0.1, 0.15) is 40.0 Å². The molecule has 0 unspecified atom stereocenters. The zero-order valence-electron chi connectivity index (χ0n) is 19.2. The van der Waals surface area contributed by atoms with Crippen LogP contribution in [0.25, 0.3) is 0 Å². The molecule has 8 heteroatoms. The standard InChI is InChI=1S/C25H27N3O5/c1-16-12-20(17(2)27(16)14-19-9-7-11-33-19)21(29)15-28-23(30)25(3,26-24(28)31)13-18-8-5-6-10-22(18)32-4/h5-12H,13-15H2,1-4H3,(H,26,31)/t25-/m0/s1. The number of hydrogen-bond acceptors (Lipinski definition) is 5. The largest absolute Gasteiger partial charge is 0.496 e. The zero-order chi connectivity index (χ0) is 23.8. The van der Waals surface area contributed by atoms with Gasteiger partial charge in [-0.15, -0.1) is 0 Å². The summed E-state index contributed by atoms with van der Waals surface area (Å²) >= 11 is 0. The molecule has 33 heavy (non-hydrogen) atoms. The molecule has 1 N–H and O–H groups in total. The number of hydrogen-bond donors (Lipinski definition) is 1. The molecule has 1 aliphatic heterocycles. The molecule has 1 saturated heterocycles. The van der Waals surface area contributed by atoms with Crippen LogP contribution >= 0.6 is 0 Å². The molecule has 172 valence electrons. The van der Waals surface area contributed by atoms with Crippen molar-refractivity contribution in [2.75, 3.05) is 13.7 Å². The fourth-order valence-electron chi connectivity index (χ4n) is 4.35. The van der Waals surface area contributed by atoms with Crippen LogP contribution in [0.5, 0.6) is 5.75 Å². The van der Waals surface area contributed by atoms with E-state index >= 15 is 0 Å². The van der Waals surface area contributed by atoms with Crippen LogP contribution in [0.4, 0.5) is 4.79 Å². The van der Waals surface area contributed by atoms with Crippen molar-refractivity contribution in [3.05, 3.63) is 77.0 Å². The quantitative estimate of drug-likeness (QED) is 0.420. The number of ether oxygens (including phenoxy) is 1. The van der Waals surface area contributed by atoms with E-state index in [2.05, 4.69) is 5.32 Å². The number of carbonyl (C=O) groups is 3. The minimum absolute atomic E-state index is 0.254. The van der Waals surface area contributed by atoms with E-state index in [9.17, 15) is 14.4 Å². The Bertz CT molecular complexity index is 1210. The molecular weight excluding hydrogens is 422 g/mol. The highest BCUT2D eigenvalue weighted by atomic mass is 16.5. The van der Waals surface area contributed by atoms with Crippen molar-refractivity contribution in [3.8, 4) is 5.75 Å². The number of carbonyl (C=O) groups excluding carboxylic acids is 3. The van der Waals surface area contributed by atoms with Gasteiger partial charge in [-0.1, -0.05) is 18.2 Å². The van der Waals surface area contributed by atoms with Gasteiger partial charge in [-0.2, -0.15) is 0 Å². The maximum absolute atomic E-state index is 13.2. The van der Waals surface area contributed by atoms with Crippen molar-refractivity contribution < 1.29 is 23.5 Å². The fraction of sp³-hybridized carbons (Fsp3) is 0.320. The lowest BCUT2D eigenvalue weighted by Gasteiger charge is -2.22. The highest BCUT2D eigenvalue weighted by Gasteiger charge is 2.48. The Hall–Kier alpha value is -3.81. The van der Waals surface area contributed by atoms with E-state index in [0.717, 1.165) is 27.6 Å². The molecule has 0 radical (unpaired) electrons. The van der Waals surface area contributed by atoms with Crippen LogP contribution in [0, 0.1) is 13.8 Å². The monoisotopic (exact) mass is 449 g/mol. The molecule has 0 bridgehead atoms. The van der Waals surface area contributed by atoms with E-state index < -0.39 is 17.5 Å². The predicted molar refractivity (Wildman–Crippen MR) is 121 cm³/mol. The Morgan fingerprint density at radius 3 is 2.61 bits per heavy atom. The third kappa shape index (κ3) is 4.16. The van der Waals surface area contributed by atoms with Crippen molar-refractivity contribution in [2.45, 2.75) is 39.3 Å². The average molecular weight is 450 g/mol. The number of imide groups is 1. The van der Waals surface area contributed by atoms with Crippen molar-refractivity contribution >= 4 is 17.7 Å². The normalized spacial score (nSPS) is 18.0. The Balaban J connectivity index is 1.52. The van der Waals surface area contributed by atoms with E-state index in [1.807, 2.05) is 48.7 Å². The lowest BCUT2D eigenvalue weighted by atomic mass is 9.92. The summed E-state index contributed by atoms with van der Waals surface area (Å²) in [5.41, 5.74) is 1.77. The number of rotatable bonds is 8. The van der Waals surface area contributed by atoms with Gasteiger partial charge in [0.05, 0.1) is 26.5 Å². The first-order chi connectivity index (χ1) is 15.7. The van der Waals surface area contributed by atoms with Crippen LogP contribution in [-0.2, 0) is 17.8 Å².